The van der Waals surface area contributed by atoms with Crippen LogP contribution in [0, 0.1) is 0 Å². The summed E-state index contributed by atoms with van der Waals surface area (Å²) >= 11 is 0. The average Bonchev–Trinajstić information content (AvgIpc) is 3.39. The molecule has 0 aromatic carbocycles. The molecule has 0 radical (unpaired) electrons. The maximum absolute atomic E-state index is 8.88. The van der Waals surface area contributed by atoms with Crippen molar-refractivity contribution < 1.29 is 43.2 Å². The monoisotopic (exact) mass is 520 g/mol. The molecule has 9 nitrogen and oxygen atoms in total. The molecule has 0 aromatic heterocycles. The van der Waals surface area contributed by atoms with Crippen LogP contribution in [0.1, 0.15) is 129 Å². The zero-order valence-electron chi connectivity index (χ0n) is 20.7. The Morgan fingerprint density at radius 2 is 0.788 bits per heavy atom. The van der Waals surface area contributed by atoms with E-state index in [9.17, 15) is 0 Å². The summed E-state index contributed by atoms with van der Waals surface area (Å²) in [4.78, 5) is 43.1. The SMILES string of the molecule is CCCCCCCCCCCCCCCCCCCC1(C)CO1.O=P(O)(O)O.O=P(O)(O)O. The molecule has 33 heavy (non-hydrogen) atoms. The van der Waals surface area contributed by atoms with Crippen molar-refractivity contribution in [1.82, 2.24) is 0 Å². The molecule has 0 saturated carbocycles. The van der Waals surface area contributed by atoms with Gasteiger partial charge in [0, 0.05) is 0 Å². The highest BCUT2D eigenvalue weighted by Crippen LogP contribution is 2.32. The van der Waals surface area contributed by atoms with Gasteiger partial charge in [-0.15, -0.1) is 0 Å². The van der Waals surface area contributed by atoms with E-state index in [1.165, 1.54) is 116 Å². The summed E-state index contributed by atoms with van der Waals surface area (Å²) in [5.41, 5.74) is 0.287. The van der Waals surface area contributed by atoms with Gasteiger partial charge in [-0.25, -0.2) is 9.13 Å². The Hall–Kier alpha value is 0.180. The molecule has 0 spiro atoms. The molecule has 11 heteroatoms. The first-order chi connectivity index (χ1) is 15.3. The van der Waals surface area contributed by atoms with Crippen LogP contribution in [-0.2, 0) is 13.9 Å². The third kappa shape index (κ3) is 46.2. The lowest BCUT2D eigenvalue weighted by atomic mass is 10.0. The van der Waals surface area contributed by atoms with Crippen molar-refractivity contribution in [3.8, 4) is 0 Å². The Balaban J connectivity index is 0. The molecule has 0 aliphatic carbocycles. The van der Waals surface area contributed by atoms with E-state index in [1.807, 2.05) is 0 Å². The van der Waals surface area contributed by atoms with Crippen molar-refractivity contribution in [3.05, 3.63) is 0 Å². The van der Waals surface area contributed by atoms with E-state index in [0.717, 1.165) is 6.61 Å². The van der Waals surface area contributed by atoms with Gasteiger partial charge >= 0.3 is 15.6 Å². The highest BCUT2D eigenvalue weighted by Gasteiger charge is 2.37. The molecule has 1 rings (SSSR count). The number of rotatable bonds is 18. The second kappa shape index (κ2) is 21.5. The van der Waals surface area contributed by atoms with E-state index in [1.54, 1.807) is 0 Å². The van der Waals surface area contributed by atoms with Gasteiger partial charge in [-0.2, -0.15) is 0 Å². The van der Waals surface area contributed by atoms with Crippen molar-refractivity contribution in [3.63, 3.8) is 0 Å². The molecule has 1 saturated heterocycles. The first kappa shape index (κ1) is 35.3. The van der Waals surface area contributed by atoms with Crippen molar-refractivity contribution in [2.75, 3.05) is 6.61 Å². The van der Waals surface area contributed by atoms with E-state index in [0.29, 0.717) is 0 Å². The maximum atomic E-state index is 8.88. The van der Waals surface area contributed by atoms with Crippen molar-refractivity contribution in [2.45, 2.75) is 135 Å². The summed E-state index contributed by atoms with van der Waals surface area (Å²) in [5.74, 6) is 0. The van der Waals surface area contributed by atoms with Crippen LogP contribution < -0.4 is 0 Å². The number of hydrogen-bond acceptors (Lipinski definition) is 3. The van der Waals surface area contributed by atoms with Gasteiger partial charge in [-0.05, 0) is 13.3 Å². The summed E-state index contributed by atoms with van der Waals surface area (Å²) < 4.78 is 23.2. The second-order valence-electron chi connectivity index (χ2n) is 9.17. The van der Waals surface area contributed by atoms with E-state index >= 15 is 0 Å². The highest BCUT2D eigenvalue weighted by atomic mass is 31.2. The lowest BCUT2D eigenvalue weighted by molar-refractivity contribution is 0.272. The Labute approximate surface area is 200 Å². The Morgan fingerprint density at radius 1 is 0.576 bits per heavy atom. The van der Waals surface area contributed by atoms with Crippen LogP contribution in [0.2, 0.25) is 0 Å². The van der Waals surface area contributed by atoms with Gasteiger partial charge in [0.15, 0.2) is 0 Å². The van der Waals surface area contributed by atoms with E-state index in [-0.39, 0.29) is 5.60 Å². The van der Waals surface area contributed by atoms with Crippen molar-refractivity contribution >= 4 is 15.6 Å². The Morgan fingerprint density at radius 3 is 1.00 bits per heavy atom. The predicted octanol–water partition coefficient (Wildman–Crippen LogP) is 5.96. The van der Waals surface area contributed by atoms with Gasteiger partial charge in [0.2, 0.25) is 0 Å². The van der Waals surface area contributed by atoms with Crippen LogP contribution in [0.15, 0.2) is 0 Å². The third-order valence-electron chi connectivity index (χ3n) is 5.45. The summed E-state index contributed by atoms with van der Waals surface area (Å²) in [6, 6.07) is 0. The molecule has 0 aromatic rings. The van der Waals surface area contributed by atoms with Crippen LogP contribution in [0.4, 0.5) is 0 Å². The first-order valence-corrected chi connectivity index (χ1v) is 15.6. The highest BCUT2D eigenvalue weighted by molar-refractivity contribution is 7.45. The molecule has 1 atom stereocenters. The van der Waals surface area contributed by atoms with Crippen LogP contribution in [-0.4, -0.2) is 41.6 Å². The molecular weight excluding hydrogens is 470 g/mol. The van der Waals surface area contributed by atoms with Crippen LogP contribution in [0.3, 0.4) is 0 Å². The number of hydrogen-bond donors (Lipinski definition) is 6. The van der Waals surface area contributed by atoms with Gasteiger partial charge in [0.1, 0.15) is 0 Å². The smallest absolute Gasteiger partial charge is 0.370 e. The molecule has 202 valence electrons. The maximum Gasteiger partial charge on any atom is 0.466 e. The Bertz CT molecular complexity index is 479. The minimum atomic E-state index is -4.64. The average molecular weight is 521 g/mol. The summed E-state index contributed by atoms with van der Waals surface area (Å²) in [7, 11) is -9.28. The molecule has 1 unspecified atom stereocenters. The Kier molecular flexibility index (Phi) is 23.0. The third-order valence-corrected chi connectivity index (χ3v) is 5.45. The van der Waals surface area contributed by atoms with Gasteiger partial charge in [0.05, 0.1) is 12.2 Å². The van der Waals surface area contributed by atoms with Crippen molar-refractivity contribution in [2.24, 2.45) is 0 Å². The van der Waals surface area contributed by atoms with Crippen LogP contribution in [0.25, 0.3) is 0 Å². The molecular formula is C22H50O9P2. The largest absolute Gasteiger partial charge is 0.466 e. The van der Waals surface area contributed by atoms with E-state index in [2.05, 4.69) is 13.8 Å². The molecule has 1 aliphatic heterocycles. The first-order valence-electron chi connectivity index (χ1n) is 12.5. The molecule has 1 fully saturated rings. The normalized spacial score (nSPS) is 17.6. The molecule has 1 aliphatic rings. The quantitative estimate of drug-likeness (QED) is 0.0725. The molecule has 1 heterocycles. The summed E-state index contributed by atoms with van der Waals surface area (Å²) in [5, 5.41) is 0. The fourth-order valence-corrected chi connectivity index (χ4v) is 3.49. The standard InChI is InChI=1S/C22H44O.2H3O4P/c1-3-4-5-6-7-8-9-10-11-12-13-14-15-16-17-18-19-20-22(2)21-23-22;2*1-5(2,3)4/h3-21H2,1-2H3;2*(H3,1,2,3,4). The van der Waals surface area contributed by atoms with Crippen molar-refractivity contribution in [1.29, 1.82) is 0 Å². The van der Waals surface area contributed by atoms with E-state index < -0.39 is 15.6 Å². The molecule has 6 N–H and O–H groups in total. The molecule has 0 amide bonds. The van der Waals surface area contributed by atoms with Crippen LogP contribution in [0.5, 0.6) is 0 Å². The van der Waals surface area contributed by atoms with Gasteiger partial charge in [0.25, 0.3) is 0 Å². The summed E-state index contributed by atoms with van der Waals surface area (Å²) in [6.07, 6.45) is 26.0. The van der Waals surface area contributed by atoms with Gasteiger partial charge in [-0.1, -0.05) is 116 Å². The van der Waals surface area contributed by atoms with Gasteiger partial charge < -0.3 is 34.1 Å². The fraction of sp³-hybridized carbons (Fsp3) is 1.00. The van der Waals surface area contributed by atoms with E-state index in [4.69, 9.17) is 43.2 Å². The number of ether oxygens (including phenoxy) is 1. The number of phosphoric acid groups is 2. The fourth-order valence-electron chi connectivity index (χ4n) is 3.49. The number of epoxide rings is 1. The van der Waals surface area contributed by atoms with Gasteiger partial charge in [-0.3, -0.25) is 0 Å². The summed E-state index contributed by atoms with van der Waals surface area (Å²) in [6.45, 7) is 5.55. The second-order valence-corrected chi connectivity index (χ2v) is 11.2. The predicted molar refractivity (Wildman–Crippen MR) is 132 cm³/mol. The zero-order valence-corrected chi connectivity index (χ0v) is 22.5. The minimum absolute atomic E-state index is 0.287. The lowest BCUT2D eigenvalue weighted by Gasteiger charge is -2.05. The molecule has 0 bridgehead atoms. The lowest BCUT2D eigenvalue weighted by Crippen LogP contribution is -2.02. The van der Waals surface area contributed by atoms with Crippen LogP contribution >= 0.6 is 15.6 Å². The topological polar surface area (TPSA) is 168 Å². The minimum Gasteiger partial charge on any atom is -0.370 e. The zero-order chi connectivity index (χ0) is 25.6. The number of unbranched alkanes of at least 4 members (excludes halogenated alkanes) is 16.